The van der Waals surface area contributed by atoms with E-state index in [0.717, 1.165) is 47.8 Å². The molecule has 37 heavy (non-hydrogen) atoms. The number of pyridine rings is 1. The first-order valence-corrected chi connectivity index (χ1v) is 13.1. The molecule has 1 aliphatic rings. The Morgan fingerprint density at radius 3 is 2.38 bits per heavy atom. The van der Waals surface area contributed by atoms with Crippen LogP contribution < -0.4 is 11.0 Å². The van der Waals surface area contributed by atoms with Gasteiger partial charge in [0.05, 0.1) is 40.5 Å². The fourth-order valence-corrected chi connectivity index (χ4v) is 5.54. The number of carbonyl (C=O) groups excluding carboxylic acids is 1. The van der Waals surface area contributed by atoms with Crippen LogP contribution in [-0.4, -0.2) is 31.2 Å². The van der Waals surface area contributed by atoms with Crippen molar-refractivity contribution < 1.29 is 9.90 Å². The Hall–Kier alpha value is -3.42. The van der Waals surface area contributed by atoms with E-state index in [1.54, 1.807) is 23.8 Å². The third-order valence-corrected chi connectivity index (χ3v) is 7.67. The van der Waals surface area contributed by atoms with E-state index in [-0.39, 0.29) is 24.2 Å². The van der Waals surface area contributed by atoms with Gasteiger partial charge in [-0.3, -0.25) is 18.9 Å². The number of benzene rings is 2. The molecule has 2 aromatic carbocycles. The molecule has 2 aromatic heterocycles. The highest BCUT2D eigenvalue weighted by molar-refractivity contribution is 6.30. The summed E-state index contributed by atoms with van der Waals surface area (Å²) in [6.07, 6.45) is 5.12. The molecule has 4 aromatic rings. The number of halogens is 1. The predicted octanol–water partition coefficient (Wildman–Crippen LogP) is 4.69. The smallest absolute Gasteiger partial charge is 0.329 e. The average molecular weight is 519 g/mol. The fourth-order valence-electron chi connectivity index (χ4n) is 5.39. The van der Waals surface area contributed by atoms with E-state index >= 15 is 0 Å². The maximum Gasteiger partial charge on any atom is 0.329 e. The topological polar surface area (TPSA) is 89.2 Å². The Labute approximate surface area is 220 Å². The van der Waals surface area contributed by atoms with Crippen molar-refractivity contribution in [3.63, 3.8) is 0 Å². The van der Waals surface area contributed by atoms with Crippen LogP contribution in [0, 0.1) is 12.8 Å². The molecular weight excluding hydrogens is 488 g/mol. The number of rotatable bonds is 7. The molecule has 2 heterocycles. The maximum absolute atomic E-state index is 13.6. The minimum Gasteiger partial charge on any atom is -0.392 e. The molecule has 0 atom stereocenters. The summed E-state index contributed by atoms with van der Waals surface area (Å²) in [5, 5.41) is 13.3. The Morgan fingerprint density at radius 1 is 1.03 bits per heavy atom. The van der Waals surface area contributed by atoms with Gasteiger partial charge in [-0.1, -0.05) is 48.0 Å². The molecule has 0 saturated heterocycles. The van der Waals surface area contributed by atoms with Crippen LogP contribution in [0.25, 0.3) is 11.0 Å². The summed E-state index contributed by atoms with van der Waals surface area (Å²) in [6, 6.07) is 17.3. The van der Waals surface area contributed by atoms with Crippen molar-refractivity contribution in [1.82, 2.24) is 19.4 Å². The minimum atomic E-state index is -0.140. The summed E-state index contributed by atoms with van der Waals surface area (Å²) >= 11 is 6.03. The predicted molar refractivity (Wildman–Crippen MR) is 145 cm³/mol. The zero-order valence-corrected chi connectivity index (χ0v) is 21.6. The number of carbonyl (C=O) groups is 1. The number of hydrogen-bond acceptors (Lipinski definition) is 4. The number of nitrogens with one attached hydrogen (secondary N) is 1. The molecule has 1 aliphatic carbocycles. The quantitative estimate of drug-likeness (QED) is 0.371. The van der Waals surface area contributed by atoms with Gasteiger partial charge in [-0.05, 0) is 67.9 Å². The van der Waals surface area contributed by atoms with Gasteiger partial charge in [0, 0.05) is 18.8 Å². The number of imidazole rings is 1. The summed E-state index contributed by atoms with van der Waals surface area (Å²) in [7, 11) is 0. The standard InChI is InChI=1S/C29H31ClN4O3/c1-19-25(14-23(30)15-31-19)28(36)32-24-12-10-20(11-13-24)16-33-26-8-4-5-9-27(26)34(29(33)37)17-21-6-2-3-7-22(21)18-35/h2-9,14-15,20,24,35H,10-13,16-18H2,1H3,(H,32,36). The van der Waals surface area contributed by atoms with E-state index in [1.165, 1.54) is 0 Å². The molecule has 0 radical (unpaired) electrons. The van der Waals surface area contributed by atoms with Crippen LogP contribution in [-0.2, 0) is 19.7 Å². The van der Waals surface area contributed by atoms with Crippen molar-refractivity contribution in [2.75, 3.05) is 0 Å². The van der Waals surface area contributed by atoms with E-state index in [9.17, 15) is 14.7 Å². The van der Waals surface area contributed by atoms with Crippen LogP contribution in [0.5, 0.6) is 0 Å². The van der Waals surface area contributed by atoms with E-state index in [4.69, 9.17) is 11.6 Å². The first kappa shape index (κ1) is 25.2. The van der Waals surface area contributed by atoms with Crippen LogP contribution in [0.15, 0.2) is 65.6 Å². The Kier molecular flexibility index (Phi) is 7.44. The third kappa shape index (κ3) is 5.33. The number of nitrogens with zero attached hydrogens (tertiary/aromatic N) is 3. The second-order valence-electron chi connectivity index (χ2n) is 9.87. The highest BCUT2D eigenvalue weighted by Gasteiger charge is 2.25. The first-order chi connectivity index (χ1) is 17.9. The van der Waals surface area contributed by atoms with Gasteiger partial charge in [-0.2, -0.15) is 0 Å². The molecule has 0 unspecified atom stereocenters. The van der Waals surface area contributed by atoms with Crippen molar-refractivity contribution in [2.45, 2.75) is 58.3 Å². The summed E-state index contributed by atoms with van der Waals surface area (Å²) < 4.78 is 3.69. The number of hydrogen-bond donors (Lipinski definition) is 2. The lowest BCUT2D eigenvalue weighted by atomic mass is 9.85. The Balaban J connectivity index is 1.29. The van der Waals surface area contributed by atoms with Gasteiger partial charge >= 0.3 is 5.69 Å². The van der Waals surface area contributed by atoms with Gasteiger partial charge in [0.2, 0.25) is 0 Å². The van der Waals surface area contributed by atoms with E-state index in [0.29, 0.717) is 35.3 Å². The normalized spacial score (nSPS) is 17.7. The van der Waals surface area contributed by atoms with Gasteiger partial charge < -0.3 is 10.4 Å². The zero-order chi connectivity index (χ0) is 25.9. The molecule has 0 aliphatic heterocycles. The van der Waals surface area contributed by atoms with Gasteiger partial charge in [-0.25, -0.2) is 4.79 Å². The lowest BCUT2D eigenvalue weighted by Crippen LogP contribution is -2.39. The highest BCUT2D eigenvalue weighted by Crippen LogP contribution is 2.27. The number of aryl methyl sites for hydroxylation is 1. The van der Waals surface area contributed by atoms with E-state index in [1.807, 2.05) is 53.1 Å². The Bertz CT molecular complexity index is 1480. The lowest BCUT2D eigenvalue weighted by Gasteiger charge is -2.29. The van der Waals surface area contributed by atoms with E-state index < -0.39 is 0 Å². The number of para-hydroxylation sites is 2. The fraction of sp³-hybridized carbons (Fsp3) is 0.345. The Morgan fingerprint density at radius 2 is 1.68 bits per heavy atom. The van der Waals surface area contributed by atoms with Gasteiger partial charge in [0.1, 0.15) is 0 Å². The first-order valence-electron chi connectivity index (χ1n) is 12.7. The largest absolute Gasteiger partial charge is 0.392 e. The number of aliphatic hydroxyl groups is 1. The lowest BCUT2D eigenvalue weighted by molar-refractivity contribution is 0.0919. The summed E-state index contributed by atoms with van der Waals surface area (Å²) in [4.78, 5) is 30.5. The molecule has 5 rings (SSSR count). The third-order valence-electron chi connectivity index (χ3n) is 7.46. The molecule has 0 spiro atoms. The van der Waals surface area contributed by atoms with E-state index in [2.05, 4.69) is 10.3 Å². The highest BCUT2D eigenvalue weighted by atomic mass is 35.5. The molecule has 8 heteroatoms. The zero-order valence-electron chi connectivity index (χ0n) is 20.9. The molecule has 2 N–H and O–H groups in total. The van der Waals surface area contributed by atoms with Gasteiger partial charge in [0.25, 0.3) is 5.91 Å². The number of fused-ring (bicyclic) bond motifs is 1. The van der Waals surface area contributed by atoms with Crippen molar-refractivity contribution in [2.24, 2.45) is 5.92 Å². The monoisotopic (exact) mass is 518 g/mol. The van der Waals surface area contributed by atoms with Crippen molar-refractivity contribution in [3.05, 3.63) is 98.7 Å². The van der Waals surface area contributed by atoms with Crippen molar-refractivity contribution >= 4 is 28.5 Å². The van der Waals surface area contributed by atoms with Crippen LogP contribution >= 0.6 is 11.6 Å². The second kappa shape index (κ2) is 10.9. The molecular formula is C29H31ClN4O3. The maximum atomic E-state index is 13.6. The second-order valence-corrected chi connectivity index (χ2v) is 10.3. The molecule has 1 saturated carbocycles. The van der Waals surface area contributed by atoms with Crippen LogP contribution in [0.4, 0.5) is 0 Å². The van der Waals surface area contributed by atoms with Crippen molar-refractivity contribution in [1.29, 1.82) is 0 Å². The average Bonchev–Trinajstić information content (AvgIpc) is 3.17. The van der Waals surface area contributed by atoms with Crippen LogP contribution in [0.2, 0.25) is 5.02 Å². The summed E-state index contributed by atoms with van der Waals surface area (Å²) in [6.45, 7) is 2.81. The minimum absolute atomic E-state index is 0.0340. The SMILES string of the molecule is Cc1ncc(Cl)cc1C(=O)NC1CCC(Cn2c(=O)n(Cc3ccccc3CO)c3ccccc32)CC1. The van der Waals surface area contributed by atoms with Gasteiger partial charge in [-0.15, -0.1) is 0 Å². The molecule has 7 nitrogen and oxygen atoms in total. The van der Waals surface area contributed by atoms with Crippen LogP contribution in [0.1, 0.15) is 52.9 Å². The van der Waals surface area contributed by atoms with Gasteiger partial charge in [0.15, 0.2) is 0 Å². The molecule has 1 amide bonds. The number of aliphatic hydroxyl groups excluding tert-OH is 1. The summed E-state index contributed by atoms with van der Waals surface area (Å²) in [5.41, 5.74) is 4.73. The molecule has 192 valence electrons. The summed E-state index contributed by atoms with van der Waals surface area (Å²) in [5.74, 6) is 0.211. The molecule has 0 bridgehead atoms. The van der Waals surface area contributed by atoms with Crippen LogP contribution in [0.3, 0.4) is 0 Å². The van der Waals surface area contributed by atoms with Crippen molar-refractivity contribution in [3.8, 4) is 0 Å². The number of amides is 1. The molecule has 1 fully saturated rings. The number of aromatic nitrogens is 3.